The van der Waals surface area contributed by atoms with E-state index in [9.17, 15) is 4.79 Å². The van der Waals surface area contributed by atoms with Crippen LogP contribution in [-0.2, 0) is 11.8 Å². The van der Waals surface area contributed by atoms with Crippen molar-refractivity contribution in [3.8, 4) is 17.0 Å². The van der Waals surface area contributed by atoms with E-state index in [1.54, 1.807) is 4.68 Å². The molecule has 4 aromatic rings. The highest BCUT2D eigenvalue weighted by molar-refractivity contribution is 5.95. The van der Waals surface area contributed by atoms with Crippen LogP contribution in [0.4, 0.5) is 0 Å². The summed E-state index contributed by atoms with van der Waals surface area (Å²) in [6.07, 6.45) is 0. The van der Waals surface area contributed by atoms with E-state index in [1.165, 1.54) is 0 Å². The molecule has 2 aromatic carbocycles. The summed E-state index contributed by atoms with van der Waals surface area (Å²) in [5.41, 5.74) is 4.70. The Bertz CT molecular complexity index is 1170. The van der Waals surface area contributed by atoms with Gasteiger partial charge >= 0.3 is 0 Å². The summed E-state index contributed by atoms with van der Waals surface area (Å²) in [7, 11) is 1.86. The normalized spacial score (nSPS) is 12.0. The van der Waals surface area contributed by atoms with Gasteiger partial charge in [0, 0.05) is 13.1 Å². The van der Waals surface area contributed by atoms with Gasteiger partial charge in [-0.25, -0.2) is 0 Å². The van der Waals surface area contributed by atoms with Gasteiger partial charge in [-0.1, -0.05) is 60.7 Å². The number of aryl methyl sites for hydroxylation is 2. The van der Waals surface area contributed by atoms with Crippen LogP contribution >= 0.6 is 0 Å². The topological polar surface area (TPSA) is 69.0 Å². The summed E-state index contributed by atoms with van der Waals surface area (Å²) < 4.78 is 7.51. The van der Waals surface area contributed by atoms with E-state index >= 15 is 0 Å². The first-order chi connectivity index (χ1) is 14.5. The molecule has 4 rings (SSSR count). The number of hydrogen-bond donors (Lipinski definition) is 1. The summed E-state index contributed by atoms with van der Waals surface area (Å²) in [6, 6.07) is 21.6. The van der Waals surface area contributed by atoms with E-state index in [4.69, 9.17) is 4.74 Å². The van der Waals surface area contributed by atoms with E-state index in [0.717, 1.165) is 33.4 Å². The van der Waals surface area contributed by atoms with Crippen LogP contribution < -0.4 is 10.1 Å². The largest absolute Gasteiger partial charge is 0.467 e. The quantitative estimate of drug-likeness (QED) is 0.527. The third kappa shape index (κ3) is 4.03. The number of rotatable bonds is 6. The number of amides is 1. The maximum absolute atomic E-state index is 12.4. The van der Waals surface area contributed by atoms with Crippen LogP contribution in [0.5, 0.6) is 5.88 Å². The van der Waals surface area contributed by atoms with Crippen LogP contribution in [-0.4, -0.2) is 27.3 Å². The minimum absolute atomic E-state index is 0.0997. The number of carbonyl (C=O) groups is 1. The molecular formula is C24H24N4O2. The lowest BCUT2D eigenvalue weighted by Gasteiger charge is -2.15. The molecule has 1 atom stereocenters. The van der Waals surface area contributed by atoms with Gasteiger partial charge in [0.1, 0.15) is 0 Å². The van der Waals surface area contributed by atoms with E-state index in [1.807, 2.05) is 87.6 Å². The summed E-state index contributed by atoms with van der Waals surface area (Å²) in [5, 5.41) is 8.45. The Labute approximate surface area is 175 Å². The minimum atomic E-state index is -0.198. The fourth-order valence-corrected chi connectivity index (χ4v) is 3.59. The van der Waals surface area contributed by atoms with Crippen molar-refractivity contribution in [2.45, 2.75) is 19.9 Å². The second-order valence-electron chi connectivity index (χ2n) is 7.27. The number of hydrogen-bond acceptors (Lipinski definition) is 4. The van der Waals surface area contributed by atoms with Gasteiger partial charge in [-0.2, -0.15) is 10.1 Å². The fourth-order valence-electron chi connectivity index (χ4n) is 3.59. The zero-order chi connectivity index (χ0) is 21.1. The van der Waals surface area contributed by atoms with E-state index in [0.29, 0.717) is 5.88 Å². The molecule has 1 amide bonds. The highest BCUT2D eigenvalue weighted by Gasteiger charge is 2.16. The molecule has 6 nitrogen and oxygen atoms in total. The van der Waals surface area contributed by atoms with Crippen LogP contribution in [0.1, 0.15) is 24.2 Å². The second kappa shape index (κ2) is 8.37. The number of fused-ring (bicyclic) bond motifs is 1. The highest BCUT2D eigenvalue weighted by Crippen LogP contribution is 2.32. The van der Waals surface area contributed by atoms with Gasteiger partial charge < -0.3 is 10.1 Å². The van der Waals surface area contributed by atoms with Crippen molar-refractivity contribution in [1.82, 2.24) is 20.1 Å². The molecule has 0 saturated heterocycles. The second-order valence-corrected chi connectivity index (χ2v) is 7.27. The number of ether oxygens (including phenoxy) is 1. The van der Waals surface area contributed by atoms with Crippen LogP contribution in [0.2, 0.25) is 0 Å². The van der Waals surface area contributed by atoms with Crippen molar-refractivity contribution in [1.29, 1.82) is 0 Å². The average molecular weight is 400 g/mol. The molecule has 2 aromatic heterocycles. The summed E-state index contributed by atoms with van der Waals surface area (Å²) in [4.78, 5) is 17.0. The first-order valence-corrected chi connectivity index (χ1v) is 9.90. The Morgan fingerprint density at radius 3 is 2.47 bits per heavy atom. The van der Waals surface area contributed by atoms with Crippen molar-refractivity contribution in [2.75, 3.05) is 6.61 Å². The minimum Gasteiger partial charge on any atom is -0.467 e. The molecule has 0 bridgehead atoms. The molecule has 2 heterocycles. The number of pyridine rings is 1. The smallest absolute Gasteiger partial charge is 0.258 e. The van der Waals surface area contributed by atoms with Crippen LogP contribution in [0.15, 0.2) is 66.7 Å². The predicted octanol–water partition coefficient (Wildman–Crippen LogP) is 4.20. The van der Waals surface area contributed by atoms with Crippen molar-refractivity contribution in [2.24, 2.45) is 7.05 Å². The van der Waals surface area contributed by atoms with Crippen LogP contribution in [0.3, 0.4) is 0 Å². The molecule has 0 spiro atoms. The first-order valence-electron chi connectivity index (χ1n) is 9.90. The molecule has 0 aliphatic carbocycles. The number of carbonyl (C=O) groups excluding carboxylic acids is 1. The van der Waals surface area contributed by atoms with Gasteiger partial charge in [0.15, 0.2) is 12.3 Å². The summed E-state index contributed by atoms with van der Waals surface area (Å²) in [5.74, 6) is 0.197. The molecule has 0 aliphatic rings. The van der Waals surface area contributed by atoms with E-state index < -0.39 is 0 Å². The Morgan fingerprint density at radius 1 is 1.10 bits per heavy atom. The van der Waals surface area contributed by atoms with Crippen LogP contribution in [0.25, 0.3) is 22.2 Å². The van der Waals surface area contributed by atoms with Crippen molar-refractivity contribution in [3.63, 3.8) is 0 Å². The zero-order valence-corrected chi connectivity index (χ0v) is 17.3. The van der Waals surface area contributed by atoms with Crippen molar-refractivity contribution in [3.05, 3.63) is 78.0 Å². The molecule has 1 N–H and O–H groups in total. The number of benzene rings is 2. The van der Waals surface area contributed by atoms with Crippen LogP contribution in [0, 0.1) is 6.92 Å². The van der Waals surface area contributed by atoms with E-state index in [-0.39, 0.29) is 18.6 Å². The first kappa shape index (κ1) is 19.6. The summed E-state index contributed by atoms with van der Waals surface area (Å²) >= 11 is 0. The lowest BCUT2D eigenvalue weighted by atomic mass is 10.0. The Morgan fingerprint density at radius 2 is 1.77 bits per heavy atom. The number of aromatic nitrogens is 3. The maximum Gasteiger partial charge on any atom is 0.258 e. The SMILES string of the molecule is Cc1nn(C)c2nc(OCC(=O)NC(C)c3ccccc3)cc(-c3ccccc3)c12. The lowest BCUT2D eigenvalue weighted by molar-refractivity contribution is -0.123. The van der Waals surface area contributed by atoms with Crippen molar-refractivity contribution >= 4 is 16.9 Å². The highest BCUT2D eigenvalue weighted by atomic mass is 16.5. The molecular weight excluding hydrogens is 376 g/mol. The Hall–Kier alpha value is -3.67. The standard InChI is InChI=1S/C24H24N4O2/c1-16(18-10-6-4-7-11-18)25-21(29)15-30-22-14-20(19-12-8-5-9-13-19)23-17(2)27-28(3)24(23)26-22/h4-14,16H,15H2,1-3H3,(H,25,29). The monoisotopic (exact) mass is 400 g/mol. The van der Waals surface area contributed by atoms with Gasteiger partial charge in [0.25, 0.3) is 5.91 Å². The lowest BCUT2D eigenvalue weighted by Crippen LogP contribution is -2.31. The Balaban J connectivity index is 1.56. The van der Waals surface area contributed by atoms with Gasteiger partial charge in [0.05, 0.1) is 17.1 Å². The van der Waals surface area contributed by atoms with Gasteiger partial charge in [0.2, 0.25) is 5.88 Å². The number of nitrogens with zero attached hydrogens (tertiary/aromatic N) is 3. The van der Waals surface area contributed by atoms with Gasteiger partial charge in [-0.15, -0.1) is 0 Å². The van der Waals surface area contributed by atoms with Crippen molar-refractivity contribution < 1.29 is 9.53 Å². The molecule has 0 aliphatic heterocycles. The molecule has 0 fully saturated rings. The van der Waals surface area contributed by atoms with E-state index in [2.05, 4.69) is 15.4 Å². The third-order valence-electron chi connectivity index (χ3n) is 5.06. The molecule has 0 saturated carbocycles. The van der Waals surface area contributed by atoms with Gasteiger partial charge in [-0.05, 0) is 30.5 Å². The predicted molar refractivity (Wildman–Crippen MR) is 117 cm³/mol. The third-order valence-corrected chi connectivity index (χ3v) is 5.06. The fraction of sp³-hybridized carbons (Fsp3) is 0.208. The maximum atomic E-state index is 12.4. The molecule has 0 radical (unpaired) electrons. The zero-order valence-electron chi connectivity index (χ0n) is 17.3. The summed E-state index contributed by atoms with van der Waals surface area (Å²) in [6.45, 7) is 3.81. The average Bonchev–Trinajstić information content (AvgIpc) is 3.06. The Kier molecular flexibility index (Phi) is 5.48. The molecule has 30 heavy (non-hydrogen) atoms. The van der Waals surface area contributed by atoms with Gasteiger partial charge in [-0.3, -0.25) is 9.48 Å². The number of nitrogens with one attached hydrogen (secondary N) is 1. The molecule has 1 unspecified atom stereocenters. The molecule has 6 heteroatoms. The molecule has 152 valence electrons.